The fourth-order valence-corrected chi connectivity index (χ4v) is 0.892. The molecule has 2 heteroatoms. The van der Waals surface area contributed by atoms with E-state index in [9.17, 15) is 4.39 Å². The third kappa shape index (κ3) is 0.529. The summed E-state index contributed by atoms with van der Waals surface area (Å²) in [7, 11) is 0. The maximum atomic E-state index is 12.3. The molecule has 0 saturated carbocycles. The van der Waals surface area contributed by atoms with Crippen molar-refractivity contribution in [2.45, 2.75) is 6.36 Å². The Balaban J connectivity index is 2.51. The minimum Gasteiger partial charge on any atom is -0.455 e. The second kappa shape index (κ2) is 1.47. The largest absolute Gasteiger partial charge is 0.455 e. The van der Waals surface area contributed by atoms with E-state index in [1.165, 1.54) is 0 Å². The average molecular weight is 124 g/mol. The third-order valence-corrected chi connectivity index (χ3v) is 1.39. The van der Waals surface area contributed by atoms with Crippen LogP contribution in [0.4, 0.5) is 4.39 Å². The van der Waals surface area contributed by atoms with Crippen LogP contribution in [0.2, 0.25) is 0 Å². The fourth-order valence-electron chi connectivity index (χ4n) is 0.892. The standard InChI is InChI=1S/C7H5FO/c8-7-5-3-1-2-4-6(5)9-7/h1-4,7H. The average Bonchev–Trinajstić information content (AvgIpc) is 1.86. The van der Waals surface area contributed by atoms with Crippen LogP contribution in [0.25, 0.3) is 0 Å². The molecule has 0 spiro atoms. The molecule has 0 bridgehead atoms. The van der Waals surface area contributed by atoms with E-state index in [1.54, 1.807) is 18.2 Å². The van der Waals surface area contributed by atoms with Crippen LogP contribution in [0.1, 0.15) is 11.9 Å². The highest BCUT2D eigenvalue weighted by Gasteiger charge is 2.25. The van der Waals surface area contributed by atoms with Gasteiger partial charge in [-0.3, -0.25) is 0 Å². The van der Waals surface area contributed by atoms with Crippen LogP contribution >= 0.6 is 0 Å². The summed E-state index contributed by atoms with van der Waals surface area (Å²) in [6, 6.07) is 7.10. The Bertz CT molecular complexity index is 234. The molecule has 1 unspecified atom stereocenters. The zero-order chi connectivity index (χ0) is 6.27. The third-order valence-electron chi connectivity index (χ3n) is 1.39. The summed E-state index contributed by atoms with van der Waals surface area (Å²) in [5.41, 5.74) is 0.664. The van der Waals surface area contributed by atoms with Crippen molar-refractivity contribution in [2.24, 2.45) is 0 Å². The van der Waals surface area contributed by atoms with E-state index in [1.807, 2.05) is 6.07 Å². The lowest BCUT2D eigenvalue weighted by Crippen LogP contribution is -2.13. The van der Waals surface area contributed by atoms with E-state index in [0.29, 0.717) is 11.3 Å². The summed E-state index contributed by atoms with van der Waals surface area (Å²) in [5.74, 6) is 0.671. The van der Waals surface area contributed by atoms with Crippen molar-refractivity contribution in [1.82, 2.24) is 0 Å². The normalized spacial score (nSPS) is 21.7. The maximum absolute atomic E-state index is 12.3. The van der Waals surface area contributed by atoms with E-state index in [0.717, 1.165) is 0 Å². The summed E-state index contributed by atoms with van der Waals surface area (Å²) in [6.07, 6.45) is -1.18. The van der Waals surface area contributed by atoms with Crippen molar-refractivity contribution in [3.05, 3.63) is 29.8 Å². The predicted molar refractivity (Wildman–Crippen MR) is 30.9 cm³/mol. The van der Waals surface area contributed by atoms with Crippen LogP contribution in [0, 0.1) is 0 Å². The van der Waals surface area contributed by atoms with Gasteiger partial charge >= 0.3 is 0 Å². The number of hydrogen-bond acceptors (Lipinski definition) is 1. The predicted octanol–water partition coefficient (Wildman–Crippen LogP) is 2.05. The summed E-state index contributed by atoms with van der Waals surface area (Å²) < 4.78 is 16.9. The van der Waals surface area contributed by atoms with Gasteiger partial charge in [-0.1, -0.05) is 12.1 Å². The maximum Gasteiger partial charge on any atom is 0.267 e. The number of alkyl halides is 1. The van der Waals surface area contributed by atoms with Gasteiger partial charge in [0.2, 0.25) is 0 Å². The van der Waals surface area contributed by atoms with Crippen LogP contribution in [0.3, 0.4) is 0 Å². The lowest BCUT2D eigenvalue weighted by Gasteiger charge is -2.23. The number of fused-ring (bicyclic) bond motifs is 1. The Hall–Kier alpha value is -1.05. The van der Waals surface area contributed by atoms with Gasteiger partial charge in [-0.25, -0.2) is 0 Å². The first kappa shape index (κ1) is 4.79. The monoisotopic (exact) mass is 124 g/mol. The Morgan fingerprint density at radius 2 is 2.11 bits per heavy atom. The summed E-state index contributed by atoms with van der Waals surface area (Å²) in [6.45, 7) is 0. The molecule has 0 fully saturated rings. The number of para-hydroxylation sites is 1. The Labute approximate surface area is 52.1 Å². The second-order valence-corrected chi connectivity index (χ2v) is 1.97. The van der Waals surface area contributed by atoms with Gasteiger partial charge < -0.3 is 4.74 Å². The molecule has 2 rings (SSSR count). The minimum atomic E-state index is -1.18. The highest BCUT2D eigenvalue weighted by Crippen LogP contribution is 2.38. The summed E-state index contributed by atoms with van der Waals surface area (Å²) in [4.78, 5) is 0. The Kier molecular flexibility index (Phi) is 0.781. The summed E-state index contributed by atoms with van der Waals surface area (Å²) >= 11 is 0. The molecule has 0 saturated heterocycles. The number of ether oxygens (including phenoxy) is 1. The molecule has 1 nitrogen and oxygen atoms in total. The molecule has 0 N–H and O–H groups in total. The molecule has 9 heavy (non-hydrogen) atoms. The number of halogens is 1. The highest BCUT2D eigenvalue weighted by atomic mass is 19.1. The van der Waals surface area contributed by atoms with Crippen molar-refractivity contribution in [3.63, 3.8) is 0 Å². The van der Waals surface area contributed by atoms with Crippen LogP contribution in [-0.2, 0) is 0 Å². The van der Waals surface area contributed by atoms with Gasteiger partial charge in [0, 0.05) is 0 Å². The van der Waals surface area contributed by atoms with E-state index < -0.39 is 6.36 Å². The molecular weight excluding hydrogens is 119 g/mol. The molecular formula is C7H5FO. The van der Waals surface area contributed by atoms with E-state index in [4.69, 9.17) is 0 Å². The van der Waals surface area contributed by atoms with Crippen molar-refractivity contribution < 1.29 is 9.13 Å². The lowest BCUT2D eigenvalue weighted by molar-refractivity contribution is 0.0194. The van der Waals surface area contributed by atoms with Crippen LogP contribution < -0.4 is 4.74 Å². The molecule has 1 aliphatic rings. The van der Waals surface area contributed by atoms with Crippen molar-refractivity contribution in [3.8, 4) is 5.75 Å². The first-order valence-electron chi connectivity index (χ1n) is 2.77. The molecule has 0 radical (unpaired) electrons. The molecule has 1 aromatic carbocycles. The van der Waals surface area contributed by atoms with Gasteiger partial charge in [0.25, 0.3) is 6.36 Å². The number of rotatable bonds is 0. The molecule has 46 valence electrons. The fraction of sp³-hybridized carbons (Fsp3) is 0.143. The van der Waals surface area contributed by atoms with Gasteiger partial charge in [-0.2, -0.15) is 4.39 Å². The summed E-state index contributed by atoms with van der Waals surface area (Å²) in [5, 5.41) is 0. The molecule has 1 atom stereocenters. The first-order chi connectivity index (χ1) is 4.38. The SMILES string of the molecule is FC1Oc2ccccc21. The van der Waals surface area contributed by atoms with Crippen molar-refractivity contribution in [2.75, 3.05) is 0 Å². The molecule has 1 aliphatic heterocycles. The number of benzene rings is 1. The topological polar surface area (TPSA) is 9.23 Å². The Morgan fingerprint density at radius 3 is 2.67 bits per heavy atom. The van der Waals surface area contributed by atoms with Gasteiger partial charge in [-0.05, 0) is 12.1 Å². The van der Waals surface area contributed by atoms with E-state index >= 15 is 0 Å². The van der Waals surface area contributed by atoms with E-state index in [2.05, 4.69) is 4.74 Å². The number of hydrogen-bond donors (Lipinski definition) is 0. The highest BCUT2D eigenvalue weighted by molar-refractivity contribution is 5.40. The zero-order valence-electron chi connectivity index (χ0n) is 4.67. The molecule has 1 heterocycles. The molecule has 0 aliphatic carbocycles. The van der Waals surface area contributed by atoms with Crippen molar-refractivity contribution in [1.29, 1.82) is 0 Å². The second-order valence-electron chi connectivity index (χ2n) is 1.97. The van der Waals surface area contributed by atoms with E-state index in [-0.39, 0.29) is 0 Å². The molecule has 1 aromatic rings. The Morgan fingerprint density at radius 1 is 1.33 bits per heavy atom. The van der Waals surface area contributed by atoms with Gasteiger partial charge in [-0.15, -0.1) is 0 Å². The minimum absolute atomic E-state index is 0.664. The lowest BCUT2D eigenvalue weighted by atomic mass is 10.1. The van der Waals surface area contributed by atoms with Gasteiger partial charge in [0.1, 0.15) is 5.75 Å². The quantitative estimate of drug-likeness (QED) is 0.514. The van der Waals surface area contributed by atoms with Crippen LogP contribution in [-0.4, -0.2) is 0 Å². The molecule has 0 amide bonds. The van der Waals surface area contributed by atoms with Gasteiger partial charge in [0.05, 0.1) is 5.56 Å². The smallest absolute Gasteiger partial charge is 0.267 e. The molecule has 0 aromatic heterocycles. The van der Waals surface area contributed by atoms with Crippen LogP contribution in [0.15, 0.2) is 24.3 Å². The first-order valence-corrected chi connectivity index (χ1v) is 2.77. The van der Waals surface area contributed by atoms with Gasteiger partial charge in [0.15, 0.2) is 0 Å². The zero-order valence-corrected chi connectivity index (χ0v) is 4.67. The van der Waals surface area contributed by atoms with Crippen LogP contribution in [0.5, 0.6) is 5.75 Å². The van der Waals surface area contributed by atoms with Crippen molar-refractivity contribution >= 4 is 0 Å².